The molecule has 1 amide bonds. The Morgan fingerprint density at radius 2 is 1.68 bits per heavy atom. The number of carbonyl (C=O) groups excluding carboxylic acids is 1. The molecular weight excluding hydrogens is 657 g/mol. The van der Waals surface area contributed by atoms with Gasteiger partial charge in [-0.1, -0.05) is 72.0 Å². The topological polar surface area (TPSA) is 126 Å². The van der Waals surface area contributed by atoms with Gasteiger partial charge in [0.25, 0.3) is 17.2 Å². The van der Waals surface area contributed by atoms with Crippen molar-refractivity contribution in [2.75, 3.05) is 27.3 Å². The van der Waals surface area contributed by atoms with Crippen LogP contribution in [0, 0.1) is 10.1 Å². The molecule has 5 aromatic rings. The summed E-state index contributed by atoms with van der Waals surface area (Å²) in [7, 11) is 3.00. The number of hydrogen-bond donors (Lipinski definition) is 0. The van der Waals surface area contributed by atoms with E-state index in [-0.39, 0.29) is 39.8 Å². The number of carbonyl (C=O) groups is 1. The zero-order valence-electron chi connectivity index (χ0n) is 28.3. The molecule has 256 valence electrons. The summed E-state index contributed by atoms with van der Waals surface area (Å²) in [5, 5.41) is 14.1. The molecule has 0 N–H and O–H groups in total. The molecule has 11 nitrogen and oxygen atoms in total. The van der Waals surface area contributed by atoms with Crippen molar-refractivity contribution in [1.82, 2.24) is 9.47 Å². The summed E-state index contributed by atoms with van der Waals surface area (Å²) in [4.78, 5) is 47.4. The van der Waals surface area contributed by atoms with E-state index >= 15 is 0 Å². The van der Waals surface area contributed by atoms with Crippen molar-refractivity contribution in [2.45, 2.75) is 33.4 Å². The van der Waals surface area contributed by atoms with Crippen LogP contribution in [0.15, 0.2) is 99.9 Å². The summed E-state index contributed by atoms with van der Waals surface area (Å²) < 4.78 is 19.1. The molecule has 4 aromatic carbocycles. The van der Waals surface area contributed by atoms with Gasteiger partial charge in [0.15, 0.2) is 16.3 Å². The van der Waals surface area contributed by atoms with Gasteiger partial charge in [0.1, 0.15) is 18.4 Å². The van der Waals surface area contributed by atoms with E-state index in [1.165, 1.54) is 29.9 Å². The van der Waals surface area contributed by atoms with Gasteiger partial charge in [-0.25, -0.2) is 4.99 Å². The number of fused-ring (bicyclic) bond motifs is 2. The zero-order valence-corrected chi connectivity index (χ0v) is 29.2. The number of nitro benzene ring substituents is 1. The number of hydrogen-bond acceptors (Lipinski definition) is 9. The molecule has 1 aliphatic rings. The van der Waals surface area contributed by atoms with Crippen LogP contribution in [0.5, 0.6) is 17.2 Å². The monoisotopic (exact) mass is 692 g/mol. The fraction of sp³-hybridized carbons (Fsp3) is 0.237. The Kier molecular flexibility index (Phi) is 9.82. The first-order chi connectivity index (χ1) is 24.2. The van der Waals surface area contributed by atoms with Crippen molar-refractivity contribution >= 4 is 39.8 Å². The molecule has 0 radical (unpaired) electrons. The molecule has 0 unspecified atom stereocenters. The molecule has 0 saturated carbocycles. The van der Waals surface area contributed by atoms with Gasteiger partial charge in [0.05, 0.1) is 46.6 Å². The number of thiazole rings is 1. The molecule has 1 aliphatic heterocycles. The number of likely N-dealkylation sites (N-methyl/N-ethyl adjacent to an activating group) is 1. The van der Waals surface area contributed by atoms with Crippen LogP contribution in [0.4, 0.5) is 5.69 Å². The molecule has 0 saturated heterocycles. The van der Waals surface area contributed by atoms with Crippen LogP contribution in [0.2, 0.25) is 0 Å². The van der Waals surface area contributed by atoms with E-state index in [0.717, 1.165) is 27.7 Å². The van der Waals surface area contributed by atoms with Gasteiger partial charge in [-0.05, 0) is 55.3 Å². The Morgan fingerprint density at radius 1 is 0.980 bits per heavy atom. The number of allylic oxidation sites excluding steroid dienone is 1. The molecule has 0 bridgehead atoms. The second-order valence-corrected chi connectivity index (χ2v) is 12.6. The lowest BCUT2D eigenvalue weighted by Crippen LogP contribution is -2.43. The number of benzene rings is 4. The maximum atomic E-state index is 14.6. The number of ether oxygens (including phenoxy) is 3. The minimum atomic E-state index is -0.888. The SMILES string of the molecule is CCN(CC)C(=O)C1=C(C)N=c2s/c(=C/c3cc(OC)c(OCc4ccccc4)cc3[N+](=O)[O-])c(=O)n2[C@@H]1c1c(OC)ccc2ccccc12. The van der Waals surface area contributed by atoms with Gasteiger partial charge >= 0.3 is 0 Å². The third-order valence-electron chi connectivity index (χ3n) is 8.76. The van der Waals surface area contributed by atoms with E-state index in [9.17, 15) is 19.7 Å². The maximum absolute atomic E-state index is 14.6. The summed E-state index contributed by atoms with van der Waals surface area (Å²) in [5.41, 5.74) is 1.80. The van der Waals surface area contributed by atoms with Crippen molar-refractivity contribution in [1.29, 1.82) is 0 Å². The van der Waals surface area contributed by atoms with Crippen molar-refractivity contribution in [2.24, 2.45) is 4.99 Å². The van der Waals surface area contributed by atoms with Gasteiger partial charge in [0, 0.05) is 18.7 Å². The Labute approximate surface area is 292 Å². The summed E-state index contributed by atoms with van der Waals surface area (Å²) in [6, 6.07) is 22.8. The normalized spacial score (nSPS) is 14.3. The number of nitro groups is 1. The third-order valence-corrected chi connectivity index (χ3v) is 9.74. The standard InChI is InChI=1S/C38H36N4O7S/c1-6-40(7-2)37(44)33-23(3)39-38-41(35(33)34-27-16-12-11-15-25(27)17-18-29(34)47-4)36(43)32(50-38)20-26-19-30(48-5)31(21-28(26)42(45)46)49-22-24-13-9-8-10-14-24/h8-21,35H,6-7,22H2,1-5H3/b32-20+/t35-/m0/s1. The number of methoxy groups -OCH3 is 2. The van der Waals surface area contributed by atoms with Crippen molar-refractivity contribution in [3.8, 4) is 17.2 Å². The van der Waals surface area contributed by atoms with Gasteiger partial charge in [-0.2, -0.15) is 0 Å². The molecular formula is C38H36N4O7S. The molecule has 2 heterocycles. The van der Waals surface area contributed by atoms with Crippen molar-refractivity contribution < 1.29 is 23.9 Å². The number of nitrogens with zero attached hydrogens (tertiary/aromatic N) is 4. The largest absolute Gasteiger partial charge is 0.496 e. The Balaban J connectivity index is 1.57. The fourth-order valence-corrected chi connectivity index (χ4v) is 7.31. The molecule has 1 aromatic heterocycles. The first-order valence-electron chi connectivity index (χ1n) is 16.1. The van der Waals surface area contributed by atoms with Crippen LogP contribution in [-0.2, 0) is 11.4 Å². The summed E-state index contributed by atoms with van der Waals surface area (Å²) >= 11 is 1.09. The highest BCUT2D eigenvalue weighted by Gasteiger charge is 2.37. The van der Waals surface area contributed by atoms with Crippen LogP contribution in [0.3, 0.4) is 0 Å². The fourth-order valence-electron chi connectivity index (χ4n) is 6.27. The zero-order chi connectivity index (χ0) is 35.5. The van der Waals surface area contributed by atoms with Gasteiger partial charge in [0.2, 0.25) is 0 Å². The molecule has 1 atom stereocenters. The summed E-state index contributed by atoms with van der Waals surface area (Å²) in [5.74, 6) is 0.734. The minimum Gasteiger partial charge on any atom is -0.496 e. The van der Waals surface area contributed by atoms with E-state index in [4.69, 9.17) is 19.2 Å². The Bertz CT molecular complexity index is 2330. The highest BCUT2D eigenvalue weighted by molar-refractivity contribution is 7.07. The van der Waals surface area contributed by atoms with Crippen LogP contribution in [0.25, 0.3) is 16.8 Å². The smallest absolute Gasteiger partial charge is 0.280 e. The average Bonchev–Trinajstić information content (AvgIpc) is 3.43. The van der Waals surface area contributed by atoms with Gasteiger partial charge in [-0.3, -0.25) is 24.3 Å². The summed E-state index contributed by atoms with van der Waals surface area (Å²) in [6.45, 7) is 6.68. The number of rotatable bonds is 11. The van der Waals surface area contributed by atoms with E-state index in [0.29, 0.717) is 40.5 Å². The van der Waals surface area contributed by atoms with Gasteiger partial charge in [-0.15, -0.1) is 0 Å². The molecule has 6 rings (SSSR count). The lowest BCUT2D eigenvalue weighted by molar-refractivity contribution is -0.385. The number of amides is 1. The van der Waals surface area contributed by atoms with E-state index in [1.54, 1.807) is 18.9 Å². The highest BCUT2D eigenvalue weighted by Crippen LogP contribution is 2.41. The van der Waals surface area contributed by atoms with E-state index in [2.05, 4.69) is 0 Å². The highest BCUT2D eigenvalue weighted by atomic mass is 32.1. The predicted octanol–water partition coefficient (Wildman–Crippen LogP) is 5.76. The van der Waals surface area contributed by atoms with E-state index < -0.39 is 16.5 Å². The van der Waals surface area contributed by atoms with Crippen LogP contribution in [0.1, 0.15) is 43.5 Å². The Morgan fingerprint density at radius 3 is 2.36 bits per heavy atom. The number of aromatic nitrogens is 1. The van der Waals surface area contributed by atoms with Crippen LogP contribution >= 0.6 is 11.3 Å². The summed E-state index contributed by atoms with van der Waals surface area (Å²) in [6.07, 6.45) is 1.47. The molecule has 0 fully saturated rings. The van der Waals surface area contributed by atoms with Crippen molar-refractivity contribution in [3.05, 3.63) is 137 Å². The molecule has 50 heavy (non-hydrogen) atoms. The predicted molar refractivity (Wildman–Crippen MR) is 193 cm³/mol. The van der Waals surface area contributed by atoms with Crippen LogP contribution < -0.4 is 29.1 Å². The minimum absolute atomic E-state index is 0.152. The van der Waals surface area contributed by atoms with Crippen LogP contribution in [-0.4, -0.2) is 47.6 Å². The van der Waals surface area contributed by atoms with E-state index in [1.807, 2.05) is 80.6 Å². The quantitative estimate of drug-likeness (QED) is 0.127. The van der Waals surface area contributed by atoms with Crippen molar-refractivity contribution in [3.63, 3.8) is 0 Å². The third kappa shape index (κ3) is 6.25. The first-order valence-corrected chi connectivity index (χ1v) is 16.9. The lowest BCUT2D eigenvalue weighted by Gasteiger charge is -2.30. The molecule has 0 spiro atoms. The second kappa shape index (κ2) is 14.4. The van der Waals surface area contributed by atoms with Gasteiger partial charge < -0.3 is 19.1 Å². The average molecular weight is 693 g/mol. The maximum Gasteiger partial charge on any atom is 0.280 e. The molecule has 12 heteroatoms. The second-order valence-electron chi connectivity index (χ2n) is 11.6. The Hall–Kier alpha value is -5.75. The first kappa shape index (κ1) is 34.1. The molecule has 0 aliphatic carbocycles. The lowest BCUT2D eigenvalue weighted by atomic mass is 9.90.